The Morgan fingerprint density at radius 1 is 1.00 bits per heavy atom. The highest BCUT2D eigenvalue weighted by Gasteiger charge is 2.46. The van der Waals surface area contributed by atoms with Gasteiger partial charge >= 0.3 is 0 Å². The number of carbonyl (C=O) groups excluding carboxylic acids is 6. The van der Waals surface area contributed by atoms with Crippen molar-refractivity contribution in [1.82, 2.24) is 35.0 Å². The van der Waals surface area contributed by atoms with Crippen LogP contribution in [0, 0.1) is 11.8 Å². The van der Waals surface area contributed by atoms with E-state index in [1.54, 1.807) is 28.8 Å². The van der Waals surface area contributed by atoms with E-state index in [2.05, 4.69) is 26.3 Å². The number of anilines is 4. The summed E-state index contributed by atoms with van der Waals surface area (Å²) >= 11 is 6.56. The number of amides is 6. The molecule has 0 spiro atoms. The van der Waals surface area contributed by atoms with Gasteiger partial charge in [-0.3, -0.25) is 43.8 Å². The van der Waals surface area contributed by atoms with Gasteiger partial charge in [0.25, 0.3) is 23.3 Å². The summed E-state index contributed by atoms with van der Waals surface area (Å²) in [4.78, 5) is 103. The minimum Gasteiger partial charge on any atom is -0.478 e. The highest BCUT2D eigenvalue weighted by Crippen LogP contribution is 2.34. The highest BCUT2D eigenvalue weighted by atomic mass is 35.5. The molecule has 2 aromatic heterocycles. The van der Waals surface area contributed by atoms with Crippen LogP contribution in [-0.4, -0.2) is 112 Å². The summed E-state index contributed by atoms with van der Waals surface area (Å²) in [6, 6.07) is 10.9. The van der Waals surface area contributed by atoms with Crippen molar-refractivity contribution in [3.05, 3.63) is 75.2 Å². The van der Waals surface area contributed by atoms with Crippen LogP contribution in [0.15, 0.2) is 53.5 Å². The predicted molar refractivity (Wildman–Crippen MR) is 225 cm³/mol. The number of rotatable bonds is 12. The van der Waals surface area contributed by atoms with Gasteiger partial charge in [-0.25, -0.2) is 4.98 Å². The molecule has 318 valence electrons. The fraction of sp³-hybridized carbons (Fsp3) is 0.405. The third-order valence-electron chi connectivity index (χ3n) is 11.6. The Hall–Kier alpha value is -6.56. The van der Waals surface area contributed by atoms with Crippen LogP contribution >= 0.6 is 11.6 Å². The molecule has 4 aliphatic rings. The zero-order valence-electron chi connectivity index (χ0n) is 33.8. The summed E-state index contributed by atoms with van der Waals surface area (Å²) in [5.41, 5.74) is 1.92. The summed E-state index contributed by atoms with van der Waals surface area (Å²) in [5, 5.41) is 12.3. The number of nitrogens with one attached hydrogen (secondary N) is 4. The number of halogens is 1. The SMILES string of the molecule is CNC(=O)COc1cc2cc(Nc3nc(N4CCC(C(=O)N5CC(CNc6cccc7c6C(=O)N(C6CCC(=O)NC6=O)C7=O)C5)CC4)ncc3Cl)ccc2n(C(C)C)c1=O. The van der Waals surface area contributed by atoms with E-state index >= 15 is 0 Å². The lowest BCUT2D eigenvalue weighted by atomic mass is 9.91. The number of hydrogen-bond donors (Lipinski definition) is 4. The lowest BCUT2D eigenvalue weighted by Crippen LogP contribution is -2.55. The van der Waals surface area contributed by atoms with Crippen LogP contribution in [0.2, 0.25) is 5.02 Å². The topological polar surface area (TPSA) is 217 Å². The fourth-order valence-electron chi connectivity index (χ4n) is 8.34. The molecule has 4 N–H and O–H groups in total. The van der Waals surface area contributed by atoms with Crippen molar-refractivity contribution in [3.8, 4) is 5.75 Å². The van der Waals surface area contributed by atoms with E-state index in [-0.39, 0.29) is 71.6 Å². The largest absolute Gasteiger partial charge is 0.478 e. The third-order valence-corrected chi connectivity index (χ3v) is 11.9. The summed E-state index contributed by atoms with van der Waals surface area (Å²) in [7, 11) is 1.49. The van der Waals surface area contributed by atoms with Crippen molar-refractivity contribution >= 4 is 81.1 Å². The first kappa shape index (κ1) is 41.2. The molecule has 4 aliphatic heterocycles. The fourth-order valence-corrected chi connectivity index (χ4v) is 8.48. The summed E-state index contributed by atoms with van der Waals surface area (Å²) in [6.45, 7) is 6.23. The molecule has 3 saturated heterocycles. The normalized spacial score (nSPS) is 18.3. The highest BCUT2D eigenvalue weighted by molar-refractivity contribution is 6.33. The predicted octanol–water partition coefficient (Wildman–Crippen LogP) is 3.08. The van der Waals surface area contributed by atoms with E-state index in [1.807, 2.05) is 41.8 Å². The monoisotopic (exact) mass is 852 g/mol. The van der Waals surface area contributed by atoms with Crippen molar-refractivity contribution in [2.45, 2.75) is 51.6 Å². The third kappa shape index (κ3) is 8.06. The maximum Gasteiger partial charge on any atom is 0.293 e. The van der Waals surface area contributed by atoms with Crippen LogP contribution in [-0.2, 0) is 19.2 Å². The first-order valence-corrected chi connectivity index (χ1v) is 20.6. The number of imide groups is 2. The van der Waals surface area contributed by atoms with Crippen LogP contribution in [0.4, 0.5) is 23.1 Å². The molecule has 0 saturated carbocycles. The first-order chi connectivity index (χ1) is 29.3. The maximum absolute atomic E-state index is 13.5. The number of piperidine rings is 2. The molecule has 8 rings (SSSR count). The maximum atomic E-state index is 13.5. The first-order valence-electron chi connectivity index (χ1n) is 20.3. The number of benzene rings is 2. The Morgan fingerprint density at radius 3 is 2.49 bits per heavy atom. The Balaban J connectivity index is 0.849. The van der Waals surface area contributed by atoms with Gasteiger partial charge in [0, 0.05) is 80.8 Å². The van der Waals surface area contributed by atoms with Gasteiger partial charge in [0.05, 0.1) is 22.8 Å². The van der Waals surface area contributed by atoms with Crippen LogP contribution in [0.25, 0.3) is 10.9 Å². The second kappa shape index (κ2) is 16.8. The minimum atomic E-state index is -1.04. The summed E-state index contributed by atoms with van der Waals surface area (Å²) in [6.07, 6.45) is 2.90. The standard InChI is InChI=1S/C42H45ClN10O8/c1-22(2)52-30-8-7-26(15-25(30)16-32(40(52)59)61-21-34(55)44-3)47-36-28(43)18-46-42(49-36)50-13-11-24(12-14-50)38(57)51-19-23(20-51)17-45-29-6-4-5-27-35(29)41(60)53(39(27)58)31-9-10-33(54)48-37(31)56/h4-8,15-16,18,22-24,31,45H,9-14,17,19-21H2,1-3H3,(H,44,55)(H,46,47,49)(H,48,54,56). The number of likely N-dealkylation sites (tertiary alicyclic amines) is 1. The van der Waals surface area contributed by atoms with Crippen molar-refractivity contribution in [3.63, 3.8) is 0 Å². The second-order valence-corrected chi connectivity index (χ2v) is 16.3. The van der Waals surface area contributed by atoms with Crippen molar-refractivity contribution in [1.29, 1.82) is 0 Å². The van der Waals surface area contributed by atoms with Gasteiger partial charge in [-0.15, -0.1) is 0 Å². The molecule has 0 radical (unpaired) electrons. The van der Waals surface area contributed by atoms with E-state index in [9.17, 15) is 33.6 Å². The molecule has 4 aromatic rings. The van der Waals surface area contributed by atoms with Crippen LogP contribution in [0.3, 0.4) is 0 Å². The molecule has 6 amide bonds. The molecule has 19 heteroatoms. The molecule has 61 heavy (non-hydrogen) atoms. The average Bonchev–Trinajstić information content (AvgIpc) is 3.48. The number of aromatic nitrogens is 3. The van der Waals surface area contributed by atoms with E-state index < -0.39 is 29.7 Å². The van der Waals surface area contributed by atoms with Crippen molar-refractivity contribution in [2.24, 2.45) is 11.8 Å². The van der Waals surface area contributed by atoms with E-state index in [0.29, 0.717) is 84.6 Å². The van der Waals surface area contributed by atoms with Crippen LogP contribution in [0.1, 0.15) is 66.3 Å². The number of carbonyl (C=O) groups is 6. The molecule has 3 fully saturated rings. The Morgan fingerprint density at radius 2 is 1.77 bits per heavy atom. The van der Waals surface area contributed by atoms with E-state index in [0.717, 1.165) is 4.90 Å². The van der Waals surface area contributed by atoms with Gasteiger partial charge in [-0.2, -0.15) is 4.98 Å². The summed E-state index contributed by atoms with van der Waals surface area (Å²) < 4.78 is 7.21. The minimum absolute atomic E-state index is 0.0453. The molecule has 1 unspecified atom stereocenters. The van der Waals surface area contributed by atoms with Gasteiger partial charge in [-0.05, 0) is 69.5 Å². The van der Waals surface area contributed by atoms with Gasteiger partial charge in [0.1, 0.15) is 11.1 Å². The average molecular weight is 853 g/mol. The molecule has 0 aliphatic carbocycles. The second-order valence-electron chi connectivity index (χ2n) is 15.9. The smallest absolute Gasteiger partial charge is 0.293 e. The van der Waals surface area contributed by atoms with Gasteiger partial charge in [-0.1, -0.05) is 17.7 Å². The molecule has 1 atom stereocenters. The summed E-state index contributed by atoms with van der Waals surface area (Å²) in [5.74, 6) is -1.58. The Bertz CT molecular complexity index is 2530. The number of pyridine rings is 1. The molecule has 0 bridgehead atoms. The van der Waals surface area contributed by atoms with Gasteiger partial charge in [0.15, 0.2) is 18.2 Å². The quantitative estimate of drug-likeness (QED) is 0.151. The molecule has 18 nitrogen and oxygen atoms in total. The molecule has 2 aromatic carbocycles. The number of ether oxygens (including phenoxy) is 1. The van der Waals surface area contributed by atoms with Crippen LogP contribution < -0.4 is 36.5 Å². The van der Waals surface area contributed by atoms with E-state index in [1.165, 1.54) is 13.2 Å². The lowest BCUT2D eigenvalue weighted by molar-refractivity contribution is -0.142. The molecular formula is C42H45ClN10O8. The zero-order chi connectivity index (χ0) is 43.1. The number of hydrogen-bond acceptors (Lipinski definition) is 13. The lowest BCUT2D eigenvalue weighted by Gasteiger charge is -2.42. The molecule has 6 heterocycles. The van der Waals surface area contributed by atoms with Crippen molar-refractivity contribution in [2.75, 3.05) is 61.9 Å². The van der Waals surface area contributed by atoms with Gasteiger partial charge < -0.3 is 35.1 Å². The van der Waals surface area contributed by atoms with Crippen molar-refractivity contribution < 1.29 is 33.5 Å². The van der Waals surface area contributed by atoms with E-state index in [4.69, 9.17) is 21.3 Å². The van der Waals surface area contributed by atoms with Gasteiger partial charge in [0.2, 0.25) is 23.7 Å². The zero-order valence-corrected chi connectivity index (χ0v) is 34.6. The number of likely N-dealkylation sites (N-methyl/N-ethyl adjacent to an activating group) is 1. The van der Waals surface area contributed by atoms with Crippen LogP contribution in [0.5, 0.6) is 5.75 Å². The number of fused-ring (bicyclic) bond motifs is 2. The molecular weight excluding hydrogens is 808 g/mol. The Kier molecular flexibility index (Phi) is 11.4. The number of nitrogens with zero attached hydrogens (tertiary/aromatic N) is 6. The Labute approximate surface area is 354 Å².